The number of nitrogens with zero attached hydrogens (tertiary/aromatic N) is 1. The highest BCUT2D eigenvalue weighted by Gasteiger charge is 2.20. The van der Waals surface area contributed by atoms with Crippen molar-refractivity contribution in [3.63, 3.8) is 0 Å². The highest BCUT2D eigenvalue weighted by atomic mass is 16.5. The molecule has 0 bridgehead atoms. The molecule has 1 heterocycles. The van der Waals surface area contributed by atoms with Crippen LogP contribution in [0.5, 0.6) is 11.5 Å². The first kappa shape index (κ1) is 22.9. The van der Waals surface area contributed by atoms with Gasteiger partial charge in [-0.25, -0.2) is 0 Å². The third kappa shape index (κ3) is 5.56. The molecule has 0 aromatic heterocycles. The second-order valence-electron chi connectivity index (χ2n) is 9.92. The van der Waals surface area contributed by atoms with Crippen LogP contribution >= 0.6 is 0 Å². The maximum Gasteiger partial charge on any atom is 0.125 e. The predicted octanol–water partition coefficient (Wildman–Crippen LogP) is 6.68. The topological polar surface area (TPSA) is 21.7 Å². The lowest BCUT2D eigenvalue weighted by molar-refractivity contribution is 0.245. The summed E-state index contributed by atoms with van der Waals surface area (Å²) in [5.41, 5.74) is 8.34. The molecule has 0 amide bonds. The summed E-state index contributed by atoms with van der Waals surface area (Å²) in [4.78, 5) is 2.64. The number of fused-ring (bicyclic) bond motifs is 1. The molecule has 0 N–H and O–H groups in total. The van der Waals surface area contributed by atoms with Crippen LogP contribution in [0.4, 0.5) is 0 Å². The number of methoxy groups -OCH3 is 1. The molecule has 0 atom stereocenters. The standard InChI is InChI=1S/C29H39NO2/c1-21(2)16-23-8-9-26(29(17-23)31-4)20-32-27-12-13-28-22(3)25(11-10-24(28)18-27)19-30-14-6-5-7-15-30/h8-9,12-13,17-18,21H,5-7,10-11,14-16,19-20H2,1-4H3. The lowest BCUT2D eigenvalue weighted by Crippen LogP contribution is -2.32. The fourth-order valence-corrected chi connectivity index (χ4v) is 5.15. The lowest BCUT2D eigenvalue weighted by atomic mass is 9.86. The van der Waals surface area contributed by atoms with Gasteiger partial charge >= 0.3 is 0 Å². The Morgan fingerprint density at radius 2 is 1.78 bits per heavy atom. The van der Waals surface area contributed by atoms with Gasteiger partial charge in [0.15, 0.2) is 0 Å². The number of rotatable bonds is 8. The molecular formula is C29H39NO2. The van der Waals surface area contributed by atoms with E-state index in [0.29, 0.717) is 12.5 Å². The number of hydrogen-bond acceptors (Lipinski definition) is 3. The van der Waals surface area contributed by atoms with E-state index in [9.17, 15) is 0 Å². The van der Waals surface area contributed by atoms with Crippen molar-refractivity contribution >= 4 is 5.57 Å². The quantitative estimate of drug-likeness (QED) is 0.463. The minimum absolute atomic E-state index is 0.527. The van der Waals surface area contributed by atoms with Crippen LogP contribution in [-0.2, 0) is 19.4 Å². The summed E-state index contributed by atoms with van der Waals surface area (Å²) < 4.78 is 11.8. The number of benzene rings is 2. The molecule has 1 fully saturated rings. The van der Waals surface area contributed by atoms with Gasteiger partial charge in [0.1, 0.15) is 18.1 Å². The van der Waals surface area contributed by atoms with E-state index in [2.05, 4.69) is 62.1 Å². The Kier molecular flexibility index (Phi) is 7.57. The molecule has 32 heavy (non-hydrogen) atoms. The summed E-state index contributed by atoms with van der Waals surface area (Å²) in [6.07, 6.45) is 7.46. The first-order chi connectivity index (χ1) is 15.5. The number of allylic oxidation sites excluding steroid dienone is 1. The van der Waals surface area contributed by atoms with E-state index in [1.54, 1.807) is 12.7 Å². The van der Waals surface area contributed by atoms with Crippen molar-refractivity contribution in [1.29, 1.82) is 0 Å². The van der Waals surface area contributed by atoms with Crippen molar-refractivity contribution < 1.29 is 9.47 Å². The summed E-state index contributed by atoms with van der Waals surface area (Å²) in [7, 11) is 1.74. The smallest absolute Gasteiger partial charge is 0.125 e. The van der Waals surface area contributed by atoms with Crippen LogP contribution in [0.15, 0.2) is 42.0 Å². The molecule has 1 aliphatic carbocycles. The molecule has 0 saturated carbocycles. The molecule has 172 valence electrons. The van der Waals surface area contributed by atoms with Gasteiger partial charge in [-0.05, 0) is 98.5 Å². The van der Waals surface area contributed by atoms with E-state index in [4.69, 9.17) is 9.47 Å². The second kappa shape index (κ2) is 10.6. The minimum atomic E-state index is 0.527. The highest BCUT2D eigenvalue weighted by Crippen LogP contribution is 2.34. The Labute approximate surface area is 194 Å². The van der Waals surface area contributed by atoms with Gasteiger partial charge in [0.25, 0.3) is 0 Å². The van der Waals surface area contributed by atoms with E-state index >= 15 is 0 Å². The first-order valence-electron chi connectivity index (χ1n) is 12.4. The Morgan fingerprint density at radius 1 is 0.969 bits per heavy atom. The number of hydrogen-bond donors (Lipinski definition) is 0. The van der Waals surface area contributed by atoms with Crippen LogP contribution in [0.2, 0.25) is 0 Å². The van der Waals surface area contributed by atoms with Crippen molar-refractivity contribution in [3.8, 4) is 11.5 Å². The summed E-state index contributed by atoms with van der Waals surface area (Å²) in [5, 5.41) is 0. The molecular weight excluding hydrogens is 394 g/mol. The zero-order chi connectivity index (χ0) is 22.5. The molecule has 0 unspecified atom stereocenters. The monoisotopic (exact) mass is 433 g/mol. The Morgan fingerprint density at radius 3 is 2.53 bits per heavy atom. The van der Waals surface area contributed by atoms with Crippen LogP contribution in [-0.4, -0.2) is 31.6 Å². The summed E-state index contributed by atoms with van der Waals surface area (Å²) in [5.74, 6) is 2.50. The second-order valence-corrected chi connectivity index (χ2v) is 9.92. The molecule has 1 aliphatic heterocycles. The maximum absolute atomic E-state index is 6.20. The van der Waals surface area contributed by atoms with Crippen molar-refractivity contribution in [2.24, 2.45) is 5.92 Å². The average Bonchev–Trinajstić information content (AvgIpc) is 2.80. The van der Waals surface area contributed by atoms with E-state index < -0.39 is 0 Å². The number of aryl methyl sites for hydroxylation is 1. The molecule has 2 aromatic rings. The van der Waals surface area contributed by atoms with Gasteiger partial charge in [-0.2, -0.15) is 0 Å². The number of likely N-dealkylation sites (tertiary alicyclic amines) is 1. The van der Waals surface area contributed by atoms with Crippen LogP contribution in [0, 0.1) is 5.92 Å². The van der Waals surface area contributed by atoms with Crippen molar-refractivity contribution in [2.45, 2.75) is 65.9 Å². The lowest BCUT2D eigenvalue weighted by Gasteiger charge is -2.30. The molecule has 3 nitrogen and oxygen atoms in total. The summed E-state index contributed by atoms with van der Waals surface area (Å²) in [6.45, 7) is 11.0. The molecule has 0 radical (unpaired) electrons. The zero-order valence-electron chi connectivity index (χ0n) is 20.4. The van der Waals surface area contributed by atoms with Crippen LogP contribution in [0.1, 0.15) is 68.7 Å². The van der Waals surface area contributed by atoms with Crippen LogP contribution in [0.3, 0.4) is 0 Å². The highest BCUT2D eigenvalue weighted by molar-refractivity contribution is 5.72. The van der Waals surface area contributed by atoms with Gasteiger partial charge in [-0.3, -0.25) is 4.90 Å². The molecule has 0 spiro atoms. The predicted molar refractivity (Wildman–Crippen MR) is 134 cm³/mol. The van der Waals surface area contributed by atoms with Gasteiger partial charge in [0.2, 0.25) is 0 Å². The van der Waals surface area contributed by atoms with Crippen molar-refractivity contribution in [1.82, 2.24) is 4.90 Å². The molecule has 2 aromatic carbocycles. The maximum atomic E-state index is 6.20. The molecule has 2 aliphatic rings. The normalized spacial score (nSPS) is 16.9. The van der Waals surface area contributed by atoms with Crippen LogP contribution < -0.4 is 9.47 Å². The minimum Gasteiger partial charge on any atom is -0.496 e. The molecule has 3 heteroatoms. The molecule has 4 rings (SSSR count). The Hall–Kier alpha value is -2.26. The SMILES string of the molecule is COc1cc(CC(C)C)ccc1COc1ccc2c(c1)CCC(CN1CCCCC1)=C2C. The van der Waals surface area contributed by atoms with E-state index in [1.165, 1.54) is 61.0 Å². The van der Waals surface area contributed by atoms with E-state index in [-0.39, 0.29) is 0 Å². The summed E-state index contributed by atoms with van der Waals surface area (Å²) in [6, 6.07) is 13.1. The van der Waals surface area contributed by atoms with E-state index in [0.717, 1.165) is 36.4 Å². The van der Waals surface area contributed by atoms with Crippen molar-refractivity contribution in [2.75, 3.05) is 26.7 Å². The Bertz CT molecular complexity index is 954. The summed E-state index contributed by atoms with van der Waals surface area (Å²) >= 11 is 0. The first-order valence-corrected chi connectivity index (χ1v) is 12.4. The van der Waals surface area contributed by atoms with Crippen molar-refractivity contribution in [3.05, 3.63) is 64.2 Å². The third-order valence-electron chi connectivity index (χ3n) is 6.96. The zero-order valence-corrected chi connectivity index (χ0v) is 20.4. The van der Waals surface area contributed by atoms with Gasteiger partial charge in [-0.15, -0.1) is 0 Å². The Balaban J connectivity index is 1.43. The number of ether oxygens (including phenoxy) is 2. The van der Waals surface area contributed by atoms with Gasteiger partial charge in [0.05, 0.1) is 7.11 Å². The largest absolute Gasteiger partial charge is 0.496 e. The van der Waals surface area contributed by atoms with Crippen LogP contribution in [0.25, 0.3) is 5.57 Å². The van der Waals surface area contributed by atoms with Gasteiger partial charge in [-0.1, -0.05) is 44.0 Å². The fourth-order valence-electron chi connectivity index (χ4n) is 5.15. The third-order valence-corrected chi connectivity index (χ3v) is 6.96. The van der Waals surface area contributed by atoms with Gasteiger partial charge < -0.3 is 9.47 Å². The number of piperidine rings is 1. The molecule has 1 saturated heterocycles. The average molecular weight is 434 g/mol. The van der Waals surface area contributed by atoms with Gasteiger partial charge in [0, 0.05) is 12.1 Å². The fraction of sp³-hybridized carbons (Fsp3) is 0.517. The van der Waals surface area contributed by atoms with E-state index in [1.807, 2.05) is 0 Å².